The lowest BCUT2D eigenvalue weighted by Crippen LogP contribution is -2.24. The van der Waals surface area contributed by atoms with E-state index in [0.717, 1.165) is 5.92 Å². The first-order valence-electron chi connectivity index (χ1n) is 5.04. The molecular weight excluding hydrogens is 160 g/mol. The van der Waals surface area contributed by atoms with Crippen molar-refractivity contribution < 1.29 is 0 Å². The number of hydrogen-bond acceptors (Lipinski definition) is 2. The van der Waals surface area contributed by atoms with E-state index in [0.29, 0.717) is 12.6 Å². The van der Waals surface area contributed by atoms with Crippen molar-refractivity contribution in [2.45, 2.75) is 33.6 Å². The third-order valence-electron chi connectivity index (χ3n) is 2.94. The highest BCUT2D eigenvalue weighted by Gasteiger charge is 2.23. The van der Waals surface area contributed by atoms with Crippen LogP contribution in [-0.4, -0.2) is 12.4 Å². The van der Waals surface area contributed by atoms with Crippen LogP contribution in [0.4, 0.5) is 0 Å². The molecule has 0 saturated carbocycles. The Morgan fingerprint density at radius 1 is 1.69 bits per heavy atom. The maximum atomic E-state index is 5.42. The topological polar surface area (TPSA) is 38.4 Å². The second-order valence-corrected chi connectivity index (χ2v) is 3.96. The van der Waals surface area contributed by atoms with Crippen LogP contribution in [0.15, 0.2) is 16.6 Å². The first-order valence-corrected chi connectivity index (χ1v) is 5.04. The fraction of sp³-hybridized carbons (Fsp3) is 0.727. The molecule has 1 rings (SSSR count). The summed E-state index contributed by atoms with van der Waals surface area (Å²) in [6.45, 7) is 7.02. The van der Waals surface area contributed by atoms with Gasteiger partial charge in [-0.15, -0.1) is 0 Å². The zero-order valence-electron chi connectivity index (χ0n) is 8.88. The van der Waals surface area contributed by atoms with Crippen LogP contribution in [0.5, 0.6) is 0 Å². The van der Waals surface area contributed by atoms with E-state index in [9.17, 15) is 0 Å². The molecule has 0 bridgehead atoms. The molecule has 0 heterocycles. The molecule has 74 valence electrons. The summed E-state index contributed by atoms with van der Waals surface area (Å²) in [6, 6.07) is 0. The standard InChI is InChI=1S/C11H20N2/c1-8-5-4-6-9(2)11(8)10(3)13-7-12/h5,9,11H,4,6-7,12H2,1-3H3/t9-,11?/m0/s1. The lowest BCUT2D eigenvalue weighted by atomic mass is 9.77. The lowest BCUT2D eigenvalue weighted by molar-refractivity contribution is 0.444. The molecule has 0 saturated heterocycles. The highest BCUT2D eigenvalue weighted by Crippen LogP contribution is 2.30. The van der Waals surface area contributed by atoms with Gasteiger partial charge in [-0.3, -0.25) is 4.99 Å². The summed E-state index contributed by atoms with van der Waals surface area (Å²) in [4.78, 5) is 4.30. The van der Waals surface area contributed by atoms with Crippen molar-refractivity contribution >= 4 is 5.71 Å². The van der Waals surface area contributed by atoms with Crippen LogP contribution >= 0.6 is 0 Å². The predicted molar refractivity (Wildman–Crippen MR) is 57.8 cm³/mol. The Morgan fingerprint density at radius 2 is 2.38 bits per heavy atom. The van der Waals surface area contributed by atoms with Crippen LogP contribution in [0, 0.1) is 11.8 Å². The summed E-state index contributed by atoms with van der Waals surface area (Å²) in [7, 11) is 0. The Morgan fingerprint density at radius 3 is 2.92 bits per heavy atom. The summed E-state index contributed by atoms with van der Waals surface area (Å²) < 4.78 is 0. The number of rotatable bonds is 2. The second-order valence-electron chi connectivity index (χ2n) is 3.96. The van der Waals surface area contributed by atoms with Gasteiger partial charge in [-0.2, -0.15) is 0 Å². The Bertz CT molecular complexity index is 228. The molecule has 0 aromatic heterocycles. The Labute approximate surface area is 80.9 Å². The van der Waals surface area contributed by atoms with E-state index in [4.69, 9.17) is 5.73 Å². The van der Waals surface area contributed by atoms with Gasteiger partial charge < -0.3 is 5.73 Å². The summed E-state index contributed by atoms with van der Waals surface area (Å²) in [5.41, 5.74) is 8.08. The molecule has 2 N–H and O–H groups in total. The van der Waals surface area contributed by atoms with Gasteiger partial charge in [0.05, 0.1) is 6.67 Å². The molecule has 2 heteroatoms. The monoisotopic (exact) mass is 180 g/mol. The molecule has 0 aliphatic heterocycles. The lowest BCUT2D eigenvalue weighted by Gasteiger charge is -2.28. The van der Waals surface area contributed by atoms with Gasteiger partial charge >= 0.3 is 0 Å². The number of hydrogen-bond donors (Lipinski definition) is 1. The van der Waals surface area contributed by atoms with Gasteiger partial charge in [-0.25, -0.2) is 0 Å². The maximum Gasteiger partial charge on any atom is 0.0858 e. The van der Waals surface area contributed by atoms with Crippen molar-refractivity contribution in [3.63, 3.8) is 0 Å². The van der Waals surface area contributed by atoms with E-state index < -0.39 is 0 Å². The van der Waals surface area contributed by atoms with Gasteiger partial charge in [0.25, 0.3) is 0 Å². The normalized spacial score (nSPS) is 30.2. The third-order valence-corrected chi connectivity index (χ3v) is 2.94. The van der Waals surface area contributed by atoms with Gasteiger partial charge in [0.2, 0.25) is 0 Å². The van der Waals surface area contributed by atoms with Gasteiger partial charge in [0.15, 0.2) is 0 Å². The Balaban J connectivity index is 2.81. The highest BCUT2D eigenvalue weighted by atomic mass is 14.9. The number of allylic oxidation sites excluding steroid dienone is 2. The van der Waals surface area contributed by atoms with E-state index in [2.05, 4.69) is 31.8 Å². The average Bonchev–Trinajstić information content (AvgIpc) is 2.04. The van der Waals surface area contributed by atoms with Crippen molar-refractivity contribution in [1.82, 2.24) is 0 Å². The van der Waals surface area contributed by atoms with Crippen LogP contribution < -0.4 is 5.73 Å². The predicted octanol–water partition coefficient (Wildman–Crippen LogP) is 2.36. The Kier molecular flexibility index (Phi) is 3.67. The molecule has 0 aromatic carbocycles. The smallest absolute Gasteiger partial charge is 0.0858 e. The van der Waals surface area contributed by atoms with Crippen molar-refractivity contribution in [3.8, 4) is 0 Å². The van der Waals surface area contributed by atoms with E-state index in [1.54, 1.807) is 0 Å². The third kappa shape index (κ3) is 2.41. The molecule has 1 aliphatic carbocycles. The molecule has 0 spiro atoms. The van der Waals surface area contributed by atoms with E-state index in [1.807, 2.05) is 0 Å². The second kappa shape index (κ2) is 4.56. The molecule has 0 amide bonds. The molecule has 0 aromatic rings. The van der Waals surface area contributed by atoms with Crippen LogP contribution in [-0.2, 0) is 0 Å². The molecule has 1 aliphatic rings. The van der Waals surface area contributed by atoms with Crippen LogP contribution in [0.1, 0.15) is 33.6 Å². The fourth-order valence-electron chi connectivity index (χ4n) is 2.30. The molecule has 13 heavy (non-hydrogen) atoms. The van der Waals surface area contributed by atoms with Gasteiger partial charge in [0.1, 0.15) is 0 Å². The molecular formula is C11H20N2. The molecule has 0 fully saturated rings. The molecule has 2 atom stereocenters. The first-order chi connectivity index (χ1) is 6.16. The quantitative estimate of drug-likeness (QED) is 0.514. The number of nitrogens with two attached hydrogens (primary N) is 1. The number of aliphatic imine (C=N–C) groups is 1. The van der Waals surface area contributed by atoms with E-state index in [-0.39, 0.29) is 0 Å². The van der Waals surface area contributed by atoms with Crippen molar-refractivity contribution in [1.29, 1.82) is 0 Å². The van der Waals surface area contributed by atoms with Gasteiger partial charge in [-0.1, -0.05) is 18.6 Å². The maximum absolute atomic E-state index is 5.42. The zero-order valence-corrected chi connectivity index (χ0v) is 8.88. The zero-order chi connectivity index (χ0) is 9.84. The summed E-state index contributed by atoms with van der Waals surface area (Å²) in [5, 5.41) is 0. The van der Waals surface area contributed by atoms with Gasteiger partial charge in [-0.05, 0) is 32.6 Å². The highest BCUT2D eigenvalue weighted by molar-refractivity contribution is 5.87. The Hall–Kier alpha value is -0.630. The van der Waals surface area contributed by atoms with Crippen LogP contribution in [0.25, 0.3) is 0 Å². The molecule has 1 unspecified atom stereocenters. The molecule has 2 nitrogen and oxygen atoms in total. The summed E-state index contributed by atoms with van der Waals surface area (Å²) in [5.74, 6) is 1.26. The minimum Gasteiger partial charge on any atom is -0.312 e. The molecule has 0 radical (unpaired) electrons. The first kappa shape index (κ1) is 10.5. The summed E-state index contributed by atoms with van der Waals surface area (Å²) >= 11 is 0. The van der Waals surface area contributed by atoms with Crippen molar-refractivity contribution in [2.24, 2.45) is 22.6 Å². The van der Waals surface area contributed by atoms with E-state index in [1.165, 1.54) is 24.1 Å². The van der Waals surface area contributed by atoms with Crippen molar-refractivity contribution in [2.75, 3.05) is 6.67 Å². The van der Waals surface area contributed by atoms with Gasteiger partial charge in [0, 0.05) is 11.6 Å². The SMILES string of the molecule is CC1=CCC[C@H](C)C1C(C)=NCN. The minimum absolute atomic E-state index is 0.419. The average molecular weight is 180 g/mol. The minimum atomic E-state index is 0.419. The summed E-state index contributed by atoms with van der Waals surface area (Å²) in [6.07, 6.45) is 4.83. The van der Waals surface area contributed by atoms with Crippen LogP contribution in [0.3, 0.4) is 0 Å². The van der Waals surface area contributed by atoms with Crippen LogP contribution in [0.2, 0.25) is 0 Å². The fourth-order valence-corrected chi connectivity index (χ4v) is 2.30. The van der Waals surface area contributed by atoms with Crippen molar-refractivity contribution in [3.05, 3.63) is 11.6 Å². The number of nitrogens with zero attached hydrogens (tertiary/aromatic N) is 1. The van der Waals surface area contributed by atoms with E-state index >= 15 is 0 Å². The largest absolute Gasteiger partial charge is 0.312 e.